The number of carbonyl (C=O) groups excluding carboxylic acids is 2. The molecule has 3 aromatic rings. The Kier molecular flexibility index (Phi) is 5.03. The van der Waals surface area contributed by atoms with Gasteiger partial charge >= 0.3 is 0 Å². The second-order valence-corrected chi connectivity index (χ2v) is 6.03. The van der Waals surface area contributed by atoms with E-state index in [2.05, 4.69) is 10.6 Å². The zero-order chi connectivity index (χ0) is 19.6. The third kappa shape index (κ3) is 3.87. The van der Waals surface area contributed by atoms with E-state index in [1.807, 2.05) is 6.92 Å². The molecule has 0 unspecified atom stereocenters. The van der Waals surface area contributed by atoms with Gasteiger partial charge in [-0.15, -0.1) is 0 Å². The molecule has 27 heavy (non-hydrogen) atoms. The van der Waals surface area contributed by atoms with E-state index in [0.29, 0.717) is 23.4 Å². The van der Waals surface area contributed by atoms with Gasteiger partial charge in [0.1, 0.15) is 11.4 Å². The number of pyridine rings is 1. The van der Waals surface area contributed by atoms with E-state index in [-0.39, 0.29) is 16.9 Å². The van der Waals surface area contributed by atoms with Crippen molar-refractivity contribution in [3.05, 3.63) is 70.3 Å². The van der Waals surface area contributed by atoms with E-state index >= 15 is 0 Å². The Morgan fingerprint density at radius 1 is 1.04 bits per heavy atom. The highest BCUT2D eigenvalue weighted by Gasteiger charge is 2.16. The van der Waals surface area contributed by atoms with Gasteiger partial charge in [-0.2, -0.15) is 0 Å². The number of rotatable bonds is 4. The Balaban J connectivity index is 1.95. The van der Waals surface area contributed by atoms with Crippen molar-refractivity contribution in [2.75, 3.05) is 10.6 Å². The summed E-state index contributed by atoms with van der Waals surface area (Å²) in [5.74, 6) is -1.32. The summed E-state index contributed by atoms with van der Waals surface area (Å²) in [6.45, 7) is 3.79. The zero-order valence-electron chi connectivity index (χ0n) is 14.9. The van der Waals surface area contributed by atoms with Crippen molar-refractivity contribution in [1.82, 2.24) is 4.57 Å². The Bertz CT molecular complexity index is 1090. The van der Waals surface area contributed by atoms with Crippen LogP contribution < -0.4 is 16.1 Å². The zero-order valence-corrected chi connectivity index (χ0v) is 14.9. The summed E-state index contributed by atoms with van der Waals surface area (Å²) in [6.07, 6.45) is 1.48. The number of hydrogen-bond acceptors (Lipinski definition) is 3. The first-order chi connectivity index (χ1) is 12.9. The molecule has 7 heteroatoms. The predicted octanol–water partition coefficient (Wildman–Crippen LogP) is 3.37. The van der Waals surface area contributed by atoms with Gasteiger partial charge in [0.25, 0.3) is 5.91 Å². The van der Waals surface area contributed by atoms with Crippen LogP contribution >= 0.6 is 0 Å². The van der Waals surface area contributed by atoms with Gasteiger partial charge in [-0.25, -0.2) is 4.39 Å². The van der Waals surface area contributed by atoms with Gasteiger partial charge in [-0.1, -0.05) is 0 Å². The van der Waals surface area contributed by atoms with E-state index in [1.54, 1.807) is 28.8 Å². The van der Waals surface area contributed by atoms with Crippen LogP contribution in [0.1, 0.15) is 24.2 Å². The van der Waals surface area contributed by atoms with Gasteiger partial charge in [0.2, 0.25) is 11.3 Å². The van der Waals surface area contributed by atoms with Crippen LogP contribution in [0.2, 0.25) is 0 Å². The lowest BCUT2D eigenvalue weighted by Crippen LogP contribution is -2.24. The van der Waals surface area contributed by atoms with Crippen LogP contribution in [0.3, 0.4) is 0 Å². The number of aromatic nitrogens is 1. The number of amides is 2. The molecule has 2 amide bonds. The molecule has 0 fully saturated rings. The SMILES string of the molecule is CCn1cc(C(=O)Nc2ccc(NC(C)=O)cc2)c(=O)c2cc(F)ccc21. The van der Waals surface area contributed by atoms with Crippen LogP contribution in [0, 0.1) is 5.82 Å². The Morgan fingerprint density at radius 2 is 1.67 bits per heavy atom. The van der Waals surface area contributed by atoms with Crippen LogP contribution in [0.25, 0.3) is 10.9 Å². The molecule has 0 spiro atoms. The normalized spacial score (nSPS) is 10.6. The van der Waals surface area contributed by atoms with Crippen LogP contribution in [0.15, 0.2) is 53.5 Å². The van der Waals surface area contributed by atoms with Crippen LogP contribution in [0.4, 0.5) is 15.8 Å². The van der Waals surface area contributed by atoms with Crippen molar-refractivity contribution >= 4 is 34.1 Å². The number of carbonyl (C=O) groups is 2. The topological polar surface area (TPSA) is 80.2 Å². The average Bonchev–Trinajstić information content (AvgIpc) is 2.63. The molecule has 3 rings (SSSR count). The molecule has 2 aromatic carbocycles. The van der Waals surface area contributed by atoms with Crippen molar-refractivity contribution < 1.29 is 14.0 Å². The van der Waals surface area contributed by atoms with Crippen molar-refractivity contribution in [3.63, 3.8) is 0 Å². The minimum Gasteiger partial charge on any atom is -0.347 e. The molecule has 1 heterocycles. The molecule has 0 aliphatic heterocycles. The molecule has 0 saturated heterocycles. The van der Waals surface area contributed by atoms with E-state index in [1.165, 1.54) is 25.3 Å². The van der Waals surface area contributed by atoms with E-state index in [9.17, 15) is 18.8 Å². The van der Waals surface area contributed by atoms with Gasteiger partial charge in [-0.3, -0.25) is 14.4 Å². The highest BCUT2D eigenvalue weighted by Crippen LogP contribution is 2.17. The Hall–Kier alpha value is -3.48. The average molecular weight is 367 g/mol. The standard InChI is InChI=1S/C20H18FN3O3/c1-3-24-11-17(19(26)16-10-13(21)4-9-18(16)24)20(27)23-15-7-5-14(6-8-15)22-12(2)25/h4-11H,3H2,1-2H3,(H,22,25)(H,23,27). The van der Waals surface area contributed by atoms with E-state index in [0.717, 1.165) is 6.07 Å². The molecule has 138 valence electrons. The van der Waals surface area contributed by atoms with Crippen molar-refractivity contribution in [3.8, 4) is 0 Å². The highest BCUT2D eigenvalue weighted by atomic mass is 19.1. The van der Waals surface area contributed by atoms with Crippen molar-refractivity contribution in [1.29, 1.82) is 0 Å². The number of hydrogen-bond donors (Lipinski definition) is 2. The van der Waals surface area contributed by atoms with Crippen molar-refractivity contribution in [2.24, 2.45) is 0 Å². The largest absolute Gasteiger partial charge is 0.347 e. The lowest BCUT2D eigenvalue weighted by atomic mass is 10.1. The minimum atomic E-state index is -0.583. The first-order valence-corrected chi connectivity index (χ1v) is 8.40. The summed E-state index contributed by atoms with van der Waals surface area (Å²) in [7, 11) is 0. The third-order valence-corrected chi connectivity index (χ3v) is 4.09. The fourth-order valence-corrected chi connectivity index (χ4v) is 2.83. The predicted molar refractivity (Wildman–Crippen MR) is 103 cm³/mol. The number of benzene rings is 2. The number of halogens is 1. The van der Waals surface area contributed by atoms with Crippen LogP contribution in [0.5, 0.6) is 0 Å². The van der Waals surface area contributed by atoms with Gasteiger partial charge in [0.15, 0.2) is 0 Å². The molecule has 2 N–H and O–H groups in total. The number of nitrogens with zero attached hydrogens (tertiary/aromatic N) is 1. The van der Waals surface area contributed by atoms with E-state index in [4.69, 9.17) is 0 Å². The quantitative estimate of drug-likeness (QED) is 0.742. The number of nitrogens with one attached hydrogen (secondary N) is 2. The Labute approximate surface area is 154 Å². The molecular weight excluding hydrogens is 349 g/mol. The summed E-state index contributed by atoms with van der Waals surface area (Å²) in [4.78, 5) is 36.3. The van der Waals surface area contributed by atoms with Crippen molar-refractivity contribution in [2.45, 2.75) is 20.4 Å². The molecule has 1 aromatic heterocycles. The molecule has 0 aliphatic rings. The molecular formula is C20H18FN3O3. The molecule has 0 atom stereocenters. The summed E-state index contributed by atoms with van der Waals surface area (Å²) >= 11 is 0. The second kappa shape index (κ2) is 7.41. The summed E-state index contributed by atoms with van der Waals surface area (Å²) in [5, 5.41) is 5.44. The first kappa shape index (κ1) is 18.3. The van der Waals surface area contributed by atoms with Crippen LogP contribution in [-0.2, 0) is 11.3 Å². The molecule has 0 bridgehead atoms. The maximum absolute atomic E-state index is 13.6. The number of anilines is 2. The molecule has 0 saturated carbocycles. The van der Waals surface area contributed by atoms with Crippen LogP contribution in [-0.4, -0.2) is 16.4 Å². The third-order valence-electron chi connectivity index (χ3n) is 4.09. The fourth-order valence-electron chi connectivity index (χ4n) is 2.83. The van der Waals surface area contributed by atoms with Gasteiger partial charge in [0.05, 0.1) is 5.52 Å². The lowest BCUT2D eigenvalue weighted by Gasteiger charge is -2.12. The van der Waals surface area contributed by atoms with Gasteiger partial charge < -0.3 is 15.2 Å². The summed E-state index contributed by atoms with van der Waals surface area (Å²) < 4.78 is 15.3. The summed E-state index contributed by atoms with van der Waals surface area (Å²) in [5.41, 5.74) is 1.04. The Morgan fingerprint density at radius 3 is 2.26 bits per heavy atom. The molecule has 6 nitrogen and oxygen atoms in total. The fraction of sp³-hybridized carbons (Fsp3) is 0.150. The van der Waals surface area contributed by atoms with Gasteiger partial charge in [0, 0.05) is 36.4 Å². The molecule has 0 radical (unpaired) electrons. The number of aryl methyl sites for hydroxylation is 1. The summed E-state index contributed by atoms with van der Waals surface area (Å²) in [6, 6.07) is 10.4. The highest BCUT2D eigenvalue weighted by molar-refractivity contribution is 6.05. The van der Waals surface area contributed by atoms with E-state index < -0.39 is 17.2 Å². The lowest BCUT2D eigenvalue weighted by molar-refractivity contribution is -0.114. The maximum Gasteiger partial charge on any atom is 0.261 e. The smallest absolute Gasteiger partial charge is 0.261 e. The number of fused-ring (bicyclic) bond motifs is 1. The minimum absolute atomic E-state index is 0.0686. The second-order valence-electron chi connectivity index (χ2n) is 6.03. The monoisotopic (exact) mass is 367 g/mol. The van der Waals surface area contributed by atoms with Gasteiger partial charge in [-0.05, 0) is 49.4 Å². The maximum atomic E-state index is 13.6. The molecule has 0 aliphatic carbocycles. The first-order valence-electron chi connectivity index (χ1n) is 8.40.